The van der Waals surface area contributed by atoms with Crippen molar-refractivity contribution in [2.24, 2.45) is 0 Å². The van der Waals surface area contributed by atoms with E-state index in [0.29, 0.717) is 18.2 Å². The molecule has 1 aromatic heterocycles. The summed E-state index contributed by atoms with van der Waals surface area (Å²) in [6.07, 6.45) is 0.799. The van der Waals surface area contributed by atoms with Gasteiger partial charge in [0, 0.05) is 18.3 Å². The molecule has 2 aromatic rings. The zero-order valence-corrected chi connectivity index (χ0v) is 9.82. The molecule has 0 saturated carbocycles. The van der Waals surface area contributed by atoms with Crippen molar-refractivity contribution in [2.45, 2.75) is 13.3 Å². The summed E-state index contributed by atoms with van der Waals surface area (Å²) < 4.78 is 26.1. The fraction of sp³-hybridized carbons (Fsp3) is 0.273. The van der Waals surface area contributed by atoms with Crippen molar-refractivity contribution >= 4 is 17.6 Å². The lowest BCUT2D eigenvalue weighted by Gasteiger charge is -2.20. The highest BCUT2D eigenvalue weighted by atomic mass is 19.2. The molecule has 18 heavy (non-hydrogen) atoms. The zero-order chi connectivity index (χ0) is 13.1. The Morgan fingerprint density at radius 1 is 1.33 bits per heavy atom. The number of rotatable bonds is 4. The Hall–Kier alpha value is -2.18. The Balaban J connectivity index is 2.37. The maximum atomic E-state index is 13.2. The van der Waals surface area contributed by atoms with Crippen LogP contribution in [0.1, 0.15) is 13.3 Å². The second kappa shape index (κ2) is 4.99. The van der Waals surface area contributed by atoms with E-state index in [-0.39, 0.29) is 5.95 Å². The minimum atomic E-state index is -0.905. The number of aromatic nitrogens is 3. The van der Waals surface area contributed by atoms with Crippen molar-refractivity contribution < 1.29 is 8.78 Å². The van der Waals surface area contributed by atoms with Crippen LogP contribution in [0.5, 0.6) is 0 Å². The van der Waals surface area contributed by atoms with Crippen molar-refractivity contribution in [1.29, 1.82) is 0 Å². The van der Waals surface area contributed by atoms with E-state index >= 15 is 0 Å². The van der Waals surface area contributed by atoms with Crippen molar-refractivity contribution in [3.05, 3.63) is 29.8 Å². The largest absolute Gasteiger partial charge is 0.368 e. The van der Waals surface area contributed by atoms with Crippen LogP contribution in [0.2, 0.25) is 0 Å². The van der Waals surface area contributed by atoms with Gasteiger partial charge in [0.2, 0.25) is 5.95 Å². The number of benzene rings is 1. The summed E-state index contributed by atoms with van der Waals surface area (Å²) in [6.45, 7) is 2.53. The fourth-order valence-corrected chi connectivity index (χ4v) is 1.61. The molecule has 0 aliphatic carbocycles. The Morgan fingerprint density at radius 2 is 2.11 bits per heavy atom. The van der Waals surface area contributed by atoms with Crippen LogP contribution in [0, 0.1) is 11.6 Å². The van der Waals surface area contributed by atoms with E-state index in [1.165, 1.54) is 6.07 Å². The maximum absolute atomic E-state index is 13.2. The van der Waals surface area contributed by atoms with Gasteiger partial charge in [-0.1, -0.05) is 6.92 Å². The number of nitrogens with one attached hydrogen (secondary N) is 1. The normalized spacial score (nSPS) is 10.6. The first-order valence-corrected chi connectivity index (χ1v) is 5.52. The zero-order valence-electron chi connectivity index (χ0n) is 9.82. The maximum Gasteiger partial charge on any atom is 0.250 e. The Labute approximate surface area is 103 Å². The number of hydrogen-bond acceptors (Lipinski definition) is 4. The van der Waals surface area contributed by atoms with Crippen LogP contribution in [0.3, 0.4) is 0 Å². The van der Waals surface area contributed by atoms with E-state index in [0.717, 1.165) is 18.6 Å². The molecule has 0 saturated heterocycles. The van der Waals surface area contributed by atoms with Crippen LogP contribution < -0.4 is 10.6 Å². The molecule has 2 rings (SSSR count). The molecular weight excluding hydrogens is 240 g/mol. The summed E-state index contributed by atoms with van der Waals surface area (Å²) in [4.78, 5) is 5.64. The topological polar surface area (TPSA) is 70.8 Å². The first-order valence-electron chi connectivity index (χ1n) is 5.52. The lowest BCUT2D eigenvalue weighted by Crippen LogP contribution is -2.19. The number of nitrogens with two attached hydrogens (primary N) is 1. The van der Waals surface area contributed by atoms with Gasteiger partial charge in [-0.3, -0.25) is 0 Å². The highest BCUT2D eigenvalue weighted by Gasteiger charge is 2.15. The van der Waals surface area contributed by atoms with Gasteiger partial charge in [-0.05, 0) is 18.6 Å². The summed E-state index contributed by atoms with van der Waals surface area (Å²) in [5.74, 6) is -1.28. The van der Waals surface area contributed by atoms with Crippen LogP contribution in [0.25, 0.3) is 0 Å². The van der Waals surface area contributed by atoms with Gasteiger partial charge in [0.1, 0.15) is 0 Å². The molecule has 5 nitrogen and oxygen atoms in total. The van der Waals surface area contributed by atoms with Crippen molar-refractivity contribution in [3.63, 3.8) is 0 Å². The highest BCUT2D eigenvalue weighted by Crippen LogP contribution is 2.24. The average molecular weight is 253 g/mol. The average Bonchev–Trinajstić information content (AvgIpc) is 2.76. The van der Waals surface area contributed by atoms with Crippen LogP contribution in [-0.4, -0.2) is 21.7 Å². The lowest BCUT2D eigenvalue weighted by atomic mass is 10.2. The number of halogens is 2. The summed E-state index contributed by atoms with van der Waals surface area (Å²) in [5, 5.41) is 6.42. The van der Waals surface area contributed by atoms with Crippen LogP contribution >= 0.6 is 0 Å². The fourth-order valence-electron chi connectivity index (χ4n) is 1.61. The second-order valence-electron chi connectivity index (χ2n) is 3.77. The predicted octanol–water partition coefficient (Wildman–Crippen LogP) is 2.21. The predicted molar refractivity (Wildman–Crippen MR) is 64.5 cm³/mol. The minimum absolute atomic E-state index is 0.175. The van der Waals surface area contributed by atoms with Gasteiger partial charge < -0.3 is 10.6 Å². The van der Waals surface area contributed by atoms with E-state index in [1.54, 1.807) is 4.90 Å². The molecule has 0 aliphatic rings. The molecule has 0 radical (unpaired) electrons. The Kier molecular flexibility index (Phi) is 3.40. The van der Waals surface area contributed by atoms with Crippen molar-refractivity contribution in [3.8, 4) is 0 Å². The molecule has 1 heterocycles. The van der Waals surface area contributed by atoms with Gasteiger partial charge in [-0.25, -0.2) is 13.9 Å². The van der Waals surface area contributed by atoms with Gasteiger partial charge in [0.25, 0.3) is 5.95 Å². The van der Waals surface area contributed by atoms with E-state index < -0.39 is 11.6 Å². The third kappa shape index (κ3) is 2.39. The smallest absolute Gasteiger partial charge is 0.250 e. The van der Waals surface area contributed by atoms with Gasteiger partial charge in [0.05, 0.1) is 0 Å². The Bertz CT molecular complexity index is 540. The molecule has 3 N–H and O–H groups in total. The summed E-state index contributed by atoms with van der Waals surface area (Å²) in [7, 11) is 0. The standard InChI is InChI=1S/C11H13F2N5/c1-2-5-18(11-15-10(14)16-17-11)7-3-4-8(12)9(13)6-7/h3-4,6H,2,5H2,1H3,(H3,14,15,16,17). The highest BCUT2D eigenvalue weighted by molar-refractivity contribution is 5.57. The van der Waals surface area contributed by atoms with Gasteiger partial charge in [0.15, 0.2) is 11.6 Å². The van der Waals surface area contributed by atoms with Gasteiger partial charge in [-0.2, -0.15) is 4.98 Å². The molecule has 0 aliphatic heterocycles. The third-order valence-electron chi connectivity index (χ3n) is 2.39. The quantitative estimate of drug-likeness (QED) is 0.876. The van der Waals surface area contributed by atoms with E-state index in [4.69, 9.17) is 5.73 Å². The first-order chi connectivity index (χ1) is 8.61. The number of nitrogens with zero attached hydrogens (tertiary/aromatic N) is 3. The number of aromatic amines is 1. The monoisotopic (exact) mass is 253 g/mol. The van der Waals surface area contributed by atoms with Gasteiger partial charge in [-0.15, -0.1) is 5.10 Å². The number of hydrogen-bond donors (Lipinski definition) is 2. The number of anilines is 3. The second-order valence-corrected chi connectivity index (χ2v) is 3.77. The molecule has 7 heteroatoms. The molecular formula is C11H13F2N5. The molecule has 0 atom stereocenters. The first kappa shape index (κ1) is 12.3. The molecule has 0 bridgehead atoms. The van der Waals surface area contributed by atoms with Crippen molar-refractivity contribution in [1.82, 2.24) is 15.2 Å². The number of nitrogen functional groups attached to an aromatic ring is 1. The molecule has 96 valence electrons. The minimum Gasteiger partial charge on any atom is -0.368 e. The SMILES string of the molecule is CCCN(c1ccc(F)c(F)c1)c1n[nH]c(N)n1. The van der Waals surface area contributed by atoms with E-state index in [9.17, 15) is 8.78 Å². The number of H-pyrrole nitrogens is 1. The molecule has 0 amide bonds. The molecule has 1 aromatic carbocycles. The lowest BCUT2D eigenvalue weighted by molar-refractivity contribution is 0.508. The van der Waals surface area contributed by atoms with E-state index in [1.807, 2.05) is 6.92 Å². The summed E-state index contributed by atoms with van der Waals surface area (Å²) >= 11 is 0. The summed E-state index contributed by atoms with van der Waals surface area (Å²) in [5.41, 5.74) is 5.94. The molecule has 0 spiro atoms. The van der Waals surface area contributed by atoms with E-state index in [2.05, 4.69) is 15.2 Å². The third-order valence-corrected chi connectivity index (χ3v) is 2.39. The van der Waals surface area contributed by atoms with Crippen LogP contribution in [0.15, 0.2) is 18.2 Å². The summed E-state index contributed by atoms with van der Waals surface area (Å²) in [6, 6.07) is 3.65. The molecule has 0 fully saturated rings. The van der Waals surface area contributed by atoms with Gasteiger partial charge >= 0.3 is 0 Å². The van der Waals surface area contributed by atoms with Crippen molar-refractivity contribution in [2.75, 3.05) is 17.2 Å². The Morgan fingerprint density at radius 3 is 2.67 bits per heavy atom. The van der Waals surface area contributed by atoms with Crippen LogP contribution in [0.4, 0.5) is 26.4 Å². The molecule has 0 unspecified atom stereocenters. The van der Waals surface area contributed by atoms with Crippen LogP contribution in [-0.2, 0) is 0 Å².